The Labute approximate surface area is 112 Å². The van der Waals surface area contributed by atoms with Crippen LogP contribution in [0.4, 0.5) is 0 Å². The van der Waals surface area contributed by atoms with Gasteiger partial charge in [-0.3, -0.25) is 0 Å². The Hall–Kier alpha value is -1.82. The van der Waals surface area contributed by atoms with E-state index in [0.717, 1.165) is 5.56 Å². The predicted octanol–water partition coefficient (Wildman–Crippen LogP) is 2.00. The number of hydrogen-bond acceptors (Lipinski definition) is 4. The first-order valence-electron chi connectivity index (χ1n) is 5.93. The molecule has 0 fully saturated rings. The van der Waals surface area contributed by atoms with Crippen molar-refractivity contribution in [2.75, 3.05) is 7.11 Å². The molecule has 0 N–H and O–H groups in total. The molecule has 0 aliphatic heterocycles. The first-order chi connectivity index (χ1) is 9.00. The molecule has 0 saturated heterocycles. The molecule has 0 aliphatic rings. The minimum absolute atomic E-state index is 0.155. The highest BCUT2D eigenvalue weighted by atomic mass is 32.2. The molecule has 0 bridgehead atoms. The molecule has 5 nitrogen and oxygen atoms in total. The lowest BCUT2D eigenvalue weighted by molar-refractivity contribution is 0.402. The van der Waals surface area contributed by atoms with Crippen LogP contribution in [-0.4, -0.2) is 24.5 Å². The molecule has 0 unspecified atom stereocenters. The number of nitrogens with zero attached hydrogens (tertiary/aromatic N) is 2. The normalized spacial score (nSPS) is 11.5. The Kier molecular flexibility index (Phi) is 3.61. The second kappa shape index (κ2) is 5.05. The molecule has 2 rings (SSSR count). The number of rotatable bonds is 4. The topological polar surface area (TPSA) is 61.2 Å². The summed E-state index contributed by atoms with van der Waals surface area (Å²) in [4.78, 5) is 4.20. The zero-order valence-electron chi connectivity index (χ0n) is 11.1. The van der Waals surface area contributed by atoms with Crippen molar-refractivity contribution in [1.82, 2.24) is 8.96 Å². The monoisotopic (exact) mass is 280 g/mol. The molecule has 0 atom stereocenters. The van der Waals surface area contributed by atoms with Crippen molar-refractivity contribution in [3.63, 3.8) is 0 Å². The summed E-state index contributed by atoms with van der Waals surface area (Å²) in [6, 6.07) is 5.07. The van der Waals surface area contributed by atoms with Gasteiger partial charge in [0.15, 0.2) is 0 Å². The first-order valence-corrected chi connectivity index (χ1v) is 7.37. The van der Waals surface area contributed by atoms with Crippen molar-refractivity contribution < 1.29 is 13.2 Å². The number of benzene rings is 1. The highest BCUT2D eigenvalue weighted by Crippen LogP contribution is 2.27. The highest BCUT2D eigenvalue weighted by Gasteiger charge is 2.23. The van der Waals surface area contributed by atoms with E-state index in [-0.39, 0.29) is 4.90 Å². The summed E-state index contributed by atoms with van der Waals surface area (Å²) in [5, 5.41) is 0. The summed E-state index contributed by atoms with van der Waals surface area (Å²) >= 11 is 0. The smallest absolute Gasteiger partial charge is 0.272 e. The van der Waals surface area contributed by atoms with Gasteiger partial charge in [-0.05, 0) is 24.6 Å². The third kappa shape index (κ3) is 2.35. The van der Waals surface area contributed by atoms with E-state index in [1.54, 1.807) is 12.1 Å². The average molecular weight is 280 g/mol. The maximum Gasteiger partial charge on any atom is 0.272 e. The Morgan fingerprint density at radius 1 is 1.37 bits per heavy atom. The second-order valence-corrected chi connectivity index (χ2v) is 5.94. The van der Waals surface area contributed by atoms with Crippen LogP contribution in [0.5, 0.6) is 5.75 Å². The van der Waals surface area contributed by atoms with Gasteiger partial charge in [0.1, 0.15) is 16.5 Å². The number of aromatic nitrogens is 2. The summed E-state index contributed by atoms with van der Waals surface area (Å²) < 4.78 is 31.6. The molecule has 19 heavy (non-hydrogen) atoms. The van der Waals surface area contributed by atoms with Crippen molar-refractivity contribution in [2.45, 2.75) is 25.2 Å². The van der Waals surface area contributed by atoms with Crippen LogP contribution in [0.15, 0.2) is 35.5 Å². The van der Waals surface area contributed by atoms with E-state index < -0.39 is 10.0 Å². The van der Waals surface area contributed by atoms with Crippen molar-refractivity contribution in [3.8, 4) is 5.75 Å². The fraction of sp³-hybridized carbons (Fsp3) is 0.308. The van der Waals surface area contributed by atoms with Gasteiger partial charge in [0, 0.05) is 18.8 Å². The van der Waals surface area contributed by atoms with Gasteiger partial charge in [0.25, 0.3) is 10.0 Å². The van der Waals surface area contributed by atoms with E-state index in [9.17, 15) is 8.42 Å². The van der Waals surface area contributed by atoms with Crippen LogP contribution < -0.4 is 4.74 Å². The van der Waals surface area contributed by atoms with Crippen molar-refractivity contribution >= 4 is 10.0 Å². The summed E-state index contributed by atoms with van der Waals surface area (Å²) in [5.74, 6) is 0.838. The number of hydrogen-bond donors (Lipinski definition) is 0. The maximum atomic E-state index is 12.6. The van der Waals surface area contributed by atoms with E-state index in [4.69, 9.17) is 4.74 Å². The van der Waals surface area contributed by atoms with Crippen LogP contribution in [0.1, 0.15) is 18.3 Å². The van der Waals surface area contributed by atoms with Crippen LogP contribution in [0.2, 0.25) is 0 Å². The lowest BCUT2D eigenvalue weighted by Crippen LogP contribution is -2.16. The van der Waals surface area contributed by atoms with Crippen molar-refractivity contribution in [1.29, 1.82) is 0 Å². The SMILES string of the molecule is CCc1nccn1S(=O)(=O)c1cc(C)ccc1OC. The Balaban J connectivity index is 2.66. The van der Waals surface area contributed by atoms with Gasteiger partial charge in [-0.25, -0.2) is 17.4 Å². The summed E-state index contributed by atoms with van der Waals surface area (Å²) in [7, 11) is -2.22. The number of aryl methyl sites for hydroxylation is 2. The number of imidazole rings is 1. The van der Waals surface area contributed by atoms with Gasteiger partial charge in [0.05, 0.1) is 7.11 Å². The van der Waals surface area contributed by atoms with Gasteiger partial charge in [-0.15, -0.1) is 0 Å². The largest absolute Gasteiger partial charge is 0.495 e. The number of ether oxygens (including phenoxy) is 1. The maximum absolute atomic E-state index is 12.6. The fourth-order valence-electron chi connectivity index (χ4n) is 1.88. The third-order valence-electron chi connectivity index (χ3n) is 2.85. The van der Waals surface area contributed by atoms with Crippen LogP contribution >= 0.6 is 0 Å². The van der Waals surface area contributed by atoms with Gasteiger partial charge in [-0.2, -0.15) is 0 Å². The van der Waals surface area contributed by atoms with Crippen LogP contribution in [0, 0.1) is 6.92 Å². The van der Waals surface area contributed by atoms with Gasteiger partial charge < -0.3 is 4.74 Å². The summed E-state index contributed by atoms with van der Waals surface area (Å²) in [5.41, 5.74) is 0.859. The second-order valence-electron chi connectivity index (χ2n) is 4.15. The number of methoxy groups -OCH3 is 1. The van der Waals surface area contributed by atoms with Gasteiger partial charge in [0.2, 0.25) is 0 Å². The molecule has 1 heterocycles. The molecule has 2 aromatic rings. The molecule has 0 amide bonds. The van der Waals surface area contributed by atoms with Crippen molar-refractivity contribution in [2.24, 2.45) is 0 Å². The Bertz CT molecular complexity index is 690. The average Bonchev–Trinajstić information content (AvgIpc) is 2.87. The lowest BCUT2D eigenvalue weighted by Gasteiger charge is -2.12. The molecule has 0 spiro atoms. The molecule has 102 valence electrons. The molecular weight excluding hydrogens is 264 g/mol. The van der Waals surface area contributed by atoms with Gasteiger partial charge in [-0.1, -0.05) is 13.0 Å². The molecule has 0 saturated carbocycles. The van der Waals surface area contributed by atoms with Gasteiger partial charge >= 0.3 is 0 Å². The predicted molar refractivity (Wildman–Crippen MR) is 71.9 cm³/mol. The van der Waals surface area contributed by atoms with Crippen LogP contribution in [0.25, 0.3) is 0 Å². The molecule has 6 heteroatoms. The van der Waals surface area contributed by atoms with E-state index in [2.05, 4.69) is 4.98 Å². The van der Waals surface area contributed by atoms with E-state index >= 15 is 0 Å². The third-order valence-corrected chi connectivity index (χ3v) is 4.58. The first kappa shape index (κ1) is 13.6. The fourth-order valence-corrected chi connectivity index (χ4v) is 3.50. The Morgan fingerprint density at radius 3 is 2.74 bits per heavy atom. The summed E-state index contributed by atoms with van der Waals surface area (Å²) in [6.07, 6.45) is 3.48. The quantitative estimate of drug-likeness (QED) is 0.859. The highest BCUT2D eigenvalue weighted by molar-refractivity contribution is 7.90. The van der Waals surface area contributed by atoms with Crippen molar-refractivity contribution in [3.05, 3.63) is 42.0 Å². The minimum Gasteiger partial charge on any atom is -0.495 e. The molecular formula is C13H16N2O3S. The van der Waals surface area contributed by atoms with E-state index in [1.807, 2.05) is 19.9 Å². The van der Waals surface area contributed by atoms with E-state index in [1.165, 1.54) is 23.5 Å². The Morgan fingerprint density at radius 2 is 2.11 bits per heavy atom. The molecule has 0 radical (unpaired) electrons. The molecule has 0 aliphatic carbocycles. The van der Waals surface area contributed by atoms with E-state index in [0.29, 0.717) is 18.0 Å². The lowest BCUT2D eigenvalue weighted by atomic mass is 10.2. The zero-order valence-corrected chi connectivity index (χ0v) is 11.9. The molecule has 1 aromatic carbocycles. The molecule has 1 aromatic heterocycles. The minimum atomic E-state index is -3.67. The van der Waals surface area contributed by atoms with Crippen LogP contribution in [-0.2, 0) is 16.4 Å². The summed E-state index contributed by atoms with van der Waals surface area (Å²) in [6.45, 7) is 3.70. The zero-order chi connectivity index (χ0) is 14.0. The van der Waals surface area contributed by atoms with Crippen LogP contribution in [0.3, 0.4) is 0 Å². The standard InChI is InChI=1S/C13H16N2O3S/c1-4-13-14-7-8-15(13)19(16,17)12-9-10(2)5-6-11(12)18-3/h5-9H,4H2,1-3H3.